The van der Waals surface area contributed by atoms with Gasteiger partial charge in [0.25, 0.3) is 5.69 Å². The molecular weight excluding hydrogens is 350 g/mol. The van der Waals surface area contributed by atoms with Crippen LogP contribution in [0.15, 0.2) is 77.7 Å². The molecule has 0 saturated carbocycles. The van der Waals surface area contributed by atoms with Gasteiger partial charge in [0.05, 0.1) is 4.92 Å². The van der Waals surface area contributed by atoms with Gasteiger partial charge in [0, 0.05) is 11.8 Å². The maximum absolute atomic E-state index is 11.4. The van der Waals surface area contributed by atoms with Crippen LogP contribution < -0.4 is 4.74 Å². The van der Waals surface area contributed by atoms with Crippen molar-refractivity contribution in [2.75, 3.05) is 0 Å². The van der Waals surface area contributed by atoms with Crippen molar-refractivity contribution in [3.63, 3.8) is 0 Å². The topological polar surface area (TPSA) is 72.6 Å². The van der Waals surface area contributed by atoms with E-state index in [1.807, 2.05) is 60.7 Å². The molecule has 3 aromatic rings. The number of nitro groups is 1. The van der Waals surface area contributed by atoms with Gasteiger partial charge in [0.1, 0.15) is 11.5 Å². The Morgan fingerprint density at radius 2 is 1.54 bits per heavy atom. The Labute approximate surface area is 155 Å². The fraction of sp³-hybridized carbons (Fsp3) is 0.100. The van der Waals surface area contributed by atoms with Gasteiger partial charge in [0.2, 0.25) is 0 Å². The number of ether oxygens (including phenoxy) is 1. The molecule has 0 radical (unpaired) electrons. The predicted molar refractivity (Wildman–Crippen MR) is 102 cm³/mol. The quantitative estimate of drug-likeness (QED) is 0.354. The van der Waals surface area contributed by atoms with E-state index in [1.54, 1.807) is 0 Å². The first-order valence-electron chi connectivity index (χ1n) is 7.99. The third kappa shape index (κ3) is 4.34. The molecule has 3 aromatic carbocycles. The monoisotopic (exact) mass is 367 g/mol. The lowest BCUT2D eigenvalue weighted by Gasteiger charge is -2.13. The highest BCUT2D eigenvalue weighted by atomic mass is 32.2. The summed E-state index contributed by atoms with van der Waals surface area (Å²) in [7, 11) is 0. The molecule has 0 aliphatic rings. The smallest absolute Gasteiger partial charge is 0.286 e. The number of phenols is 1. The van der Waals surface area contributed by atoms with Gasteiger partial charge in [-0.25, -0.2) is 0 Å². The second-order valence-corrected chi connectivity index (χ2v) is 6.55. The third-order valence-electron chi connectivity index (χ3n) is 3.72. The van der Waals surface area contributed by atoms with Crippen molar-refractivity contribution < 1.29 is 14.8 Å². The SMILES string of the molecule is O=[N+]([O-])c1ccc(O)c(OCc2ccccc2)c1SCc1ccccc1. The number of nitrogens with zero attached hydrogens (tertiary/aromatic N) is 1. The maximum Gasteiger partial charge on any atom is 0.286 e. The molecule has 26 heavy (non-hydrogen) atoms. The Morgan fingerprint density at radius 1 is 0.923 bits per heavy atom. The summed E-state index contributed by atoms with van der Waals surface area (Å²) in [5.74, 6) is 0.568. The van der Waals surface area contributed by atoms with Crippen LogP contribution in [0, 0.1) is 10.1 Å². The molecule has 0 unspecified atom stereocenters. The molecule has 0 atom stereocenters. The van der Waals surface area contributed by atoms with Gasteiger partial charge in [-0.3, -0.25) is 10.1 Å². The first kappa shape index (κ1) is 17.8. The van der Waals surface area contributed by atoms with E-state index in [9.17, 15) is 15.2 Å². The molecule has 5 nitrogen and oxygen atoms in total. The van der Waals surface area contributed by atoms with Crippen LogP contribution in [0.1, 0.15) is 11.1 Å². The van der Waals surface area contributed by atoms with Crippen molar-refractivity contribution in [1.29, 1.82) is 0 Å². The van der Waals surface area contributed by atoms with Gasteiger partial charge in [-0.1, -0.05) is 60.7 Å². The summed E-state index contributed by atoms with van der Waals surface area (Å²) in [6, 6.07) is 21.7. The Balaban J connectivity index is 1.88. The molecule has 0 bridgehead atoms. The summed E-state index contributed by atoms with van der Waals surface area (Å²) in [4.78, 5) is 11.3. The van der Waals surface area contributed by atoms with Gasteiger partial charge in [-0.2, -0.15) is 0 Å². The number of nitro benzene ring substituents is 1. The predicted octanol–water partition coefficient (Wildman–Crippen LogP) is 5.17. The summed E-state index contributed by atoms with van der Waals surface area (Å²) in [6.07, 6.45) is 0. The van der Waals surface area contributed by atoms with Crippen LogP contribution in [0.3, 0.4) is 0 Å². The summed E-state index contributed by atoms with van der Waals surface area (Å²) in [6.45, 7) is 0.217. The van der Waals surface area contributed by atoms with E-state index in [0.717, 1.165) is 11.1 Å². The van der Waals surface area contributed by atoms with E-state index in [-0.39, 0.29) is 23.8 Å². The highest BCUT2D eigenvalue weighted by Gasteiger charge is 2.23. The number of benzene rings is 3. The molecular formula is C20H17NO4S. The molecule has 3 rings (SSSR count). The zero-order valence-electron chi connectivity index (χ0n) is 13.9. The van der Waals surface area contributed by atoms with Crippen molar-refractivity contribution >= 4 is 17.4 Å². The number of rotatable bonds is 7. The second kappa shape index (κ2) is 8.40. The normalized spacial score (nSPS) is 10.5. The van der Waals surface area contributed by atoms with Crippen LogP contribution in [0.25, 0.3) is 0 Å². The van der Waals surface area contributed by atoms with Crippen LogP contribution in [0.5, 0.6) is 11.5 Å². The Morgan fingerprint density at radius 3 is 2.15 bits per heavy atom. The van der Waals surface area contributed by atoms with Crippen molar-refractivity contribution in [2.45, 2.75) is 17.3 Å². The van der Waals surface area contributed by atoms with Crippen molar-refractivity contribution in [1.82, 2.24) is 0 Å². The average molecular weight is 367 g/mol. The molecule has 0 aliphatic carbocycles. The summed E-state index contributed by atoms with van der Waals surface area (Å²) >= 11 is 1.28. The Hall–Kier alpha value is -2.99. The van der Waals surface area contributed by atoms with Crippen LogP contribution in [-0.2, 0) is 12.4 Å². The lowest BCUT2D eigenvalue weighted by Crippen LogP contribution is -2.00. The molecule has 0 saturated heterocycles. The Kier molecular flexibility index (Phi) is 5.76. The van der Waals surface area contributed by atoms with E-state index in [2.05, 4.69) is 0 Å². The fourth-order valence-electron chi connectivity index (χ4n) is 2.42. The molecule has 0 fully saturated rings. The fourth-order valence-corrected chi connectivity index (χ4v) is 3.51. The number of thioether (sulfide) groups is 1. The molecule has 6 heteroatoms. The maximum atomic E-state index is 11.4. The van der Waals surface area contributed by atoms with E-state index in [0.29, 0.717) is 10.6 Å². The third-order valence-corrected chi connectivity index (χ3v) is 4.88. The van der Waals surface area contributed by atoms with Gasteiger partial charge in [0.15, 0.2) is 11.5 Å². The van der Waals surface area contributed by atoms with Crippen molar-refractivity contribution in [3.05, 3.63) is 94.0 Å². The van der Waals surface area contributed by atoms with E-state index in [1.165, 1.54) is 23.9 Å². The number of hydrogen-bond donors (Lipinski definition) is 1. The lowest BCUT2D eigenvalue weighted by atomic mass is 10.2. The zero-order chi connectivity index (χ0) is 18.4. The number of phenolic OH excluding ortho intramolecular Hbond substituents is 1. The largest absolute Gasteiger partial charge is 0.504 e. The van der Waals surface area contributed by atoms with Gasteiger partial charge >= 0.3 is 0 Å². The van der Waals surface area contributed by atoms with Crippen molar-refractivity contribution in [3.8, 4) is 11.5 Å². The zero-order valence-corrected chi connectivity index (χ0v) is 14.7. The minimum absolute atomic E-state index is 0.0770. The van der Waals surface area contributed by atoms with Gasteiger partial charge < -0.3 is 9.84 Å². The summed E-state index contributed by atoms with van der Waals surface area (Å²) in [5.41, 5.74) is 1.87. The van der Waals surface area contributed by atoms with Crippen LogP contribution in [0.2, 0.25) is 0 Å². The molecule has 0 aliphatic heterocycles. The molecule has 1 N–H and O–H groups in total. The van der Waals surface area contributed by atoms with E-state index in [4.69, 9.17) is 4.74 Å². The minimum Gasteiger partial charge on any atom is -0.504 e. The van der Waals surface area contributed by atoms with E-state index >= 15 is 0 Å². The lowest BCUT2D eigenvalue weighted by molar-refractivity contribution is -0.387. The average Bonchev–Trinajstić information content (AvgIpc) is 2.67. The first-order chi connectivity index (χ1) is 12.6. The van der Waals surface area contributed by atoms with Gasteiger partial charge in [-0.15, -0.1) is 11.8 Å². The van der Waals surface area contributed by atoms with Crippen LogP contribution in [-0.4, -0.2) is 10.0 Å². The van der Waals surface area contributed by atoms with Crippen LogP contribution >= 0.6 is 11.8 Å². The molecule has 0 aromatic heterocycles. The molecule has 132 valence electrons. The second-order valence-electron chi connectivity index (χ2n) is 5.57. The van der Waals surface area contributed by atoms with E-state index < -0.39 is 4.92 Å². The van der Waals surface area contributed by atoms with Crippen LogP contribution in [0.4, 0.5) is 5.69 Å². The molecule has 0 amide bonds. The first-order valence-corrected chi connectivity index (χ1v) is 8.97. The number of aromatic hydroxyl groups is 1. The highest BCUT2D eigenvalue weighted by Crippen LogP contribution is 2.44. The molecule has 0 heterocycles. The highest BCUT2D eigenvalue weighted by molar-refractivity contribution is 7.98. The number of hydrogen-bond acceptors (Lipinski definition) is 5. The van der Waals surface area contributed by atoms with Gasteiger partial charge in [-0.05, 0) is 17.2 Å². The Bertz CT molecular complexity index is 885. The standard InChI is InChI=1S/C20H17NO4S/c22-18-12-11-17(21(23)24)20(26-14-16-9-5-2-6-10-16)19(18)25-13-15-7-3-1-4-8-15/h1-12,22H,13-14H2. The van der Waals surface area contributed by atoms with Crippen molar-refractivity contribution in [2.24, 2.45) is 0 Å². The summed E-state index contributed by atoms with van der Waals surface area (Å²) in [5, 5.41) is 21.6. The molecule has 0 spiro atoms. The summed E-state index contributed by atoms with van der Waals surface area (Å²) < 4.78 is 5.76. The minimum atomic E-state index is -0.456.